The second-order valence-electron chi connectivity index (χ2n) is 3.90. The molecule has 0 radical (unpaired) electrons. The van der Waals surface area contributed by atoms with E-state index in [9.17, 15) is 14.7 Å². The fourth-order valence-electron chi connectivity index (χ4n) is 1.62. The average molecular weight is 244 g/mol. The molecule has 1 aliphatic rings. The SMILES string of the molecule is CC(=O)OC[C@H]1OC(O)=CC(C)[C@@H]1OC(C)=O. The van der Waals surface area contributed by atoms with E-state index in [-0.39, 0.29) is 18.5 Å². The van der Waals surface area contributed by atoms with Crippen LogP contribution in [0.4, 0.5) is 0 Å². The number of rotatable bonds is 3. The van der Waals surface area contributed by atoms with Gasteiger partial charge in [-0.15, -0.1) is 0 Å². The zero-order chi connectivity index (χ0) is 13.0. The maximum Gasteiger partial charge on any atom is 0.303 e. The van der Waals surface area contributed by atoms with E-state index in [1.54, 1.807) is 6.92 Å². The molecule has 0 saturated heterocycles. The van der Waals surface area contributed by atoms with E-state index >= 15 is 0 Å². The first-order valence-electron chi connectivity index (χ1n) is 5.28. The van der Waals surface area contributed by atoms with Crippen molar-refractivity contribution in [2.24, 2.45) is 5.92 Å². The molecule has 0 aliphatic carbocycles. The molecule has 1 rings (SSSR count). The van der Waals surface area contributed by atoms with Gasteiger partial charge in [-0.25, -0.2) is 0 Å². The highest BCUT2D eigenvalue weighted by molar-refractivity contribution is 5.66. The standard InChI is InChI=1S/C11H16O6/c1-6-4-10(14)17-9(5-15-7(2)12)11(6)16-8(3)13/h4,6,9,11,14H,5H2,1-3H3/t6?,9-,11+/m1/s1. The van der Waals surface area contributed by atoms with Crippen molar-refractivity contribution >= 4 is 11.9 Å². The number of aliphatic hydroxyl groups is 1. The molecule has 0 aromatic heterocycles. The molecule has 0 aromatic carbocycles. The van der Waals surface area contributed by atoms with Gasteiger partial charge in [-0.05, 0) is 0 Å². The lowest BCUT2D eigenvalue weighted by atomic mass is 9.97. The van der Waals surface area contributed by atoms with Crippen LogP contribution in [0.15, 0.2) is 12.0 Å². The maximum atomic E-state index is 11.0. The molecule has 0 aromatic rings. The molecule has 0 saturated carbocycles. The molecule has 1 unspecified atom stereocenters. The molecule has 0 spiro atoms. The predicted molar refractivity (Wildman–Crippen MR) is 56.9 cm³/mol. The van der Waals surface area contributed by atoms with Gasteiger partial charge in [0.05, 0.1) is 0 Å². The summed E-state index contributed by atoms with van der Waals surface area (Å²) in [6.45, 7) is 4.25. The predicted octanol–water partition coefficient (Wildman–Crippen LogP) is 0.915. The van der Waals surface area contributed by atoms with Crippen LogP contribution in [0.25, 0.3) is 0 Å². The fourth-order valence-corrected chi connectivity index (χ4v) is 1.62. The Morgan fingerprint density at radius 3 is 2.59 bits per heavy atom. The first-order chi connectivity index (χ1) is 7.90. The van der Waals surface area contributed by atoms with Crippen molar-refractivity contribution in [3.63, 3.8) is 0 Å². The second kappa shape index (κ2) is 5.56. The summed E-state index contributed by atoms with van der Waals surface area (Å²) in [5, 5.41) is 9.33. The highest BCUT2D eigenvalue weighted by Crippen LogP contribution is 2.24. The van der Waals surface area contributed by atoms with Crippen LogP contribution >= 0.6 is 0 Å². The van der Waals surface area contributed by atoms with E-state index in [4.69, 9.17) is 14.2 Å². The quantitative estimate of drug-likeness (QED) is 0.743. The van der Waals surface area contributed by atoms with Crippen LogP contribution in [0.2, 0.25) is 0 Å². The summed E-state index contributed by atoms with van der Waals surface area (Å²) < 4.78 is 15.0. The van der Waals surface area contributed by atoms with Crippen LogP contribution in [0, 0.1) is 5.92 Å². The van der Waals surface area contributed by atoms with Crippen molar-refractivity contribution in [1.29, 1.82) is 0 Å². The number of carbonyl (C=O) groups excluding carboxylic acids is 2. The van der Waals surface area contributed by atoms with Crippen molar-refractivity contribution in [2.75, 3.05) is 6.61 Å². The molecule has 96 valence electrons. The van der Waals surface area contributed by atoms with Crippen LogP contribution in [-0.4, -0.2) is 35.9 Å². The minimum atomic E-state index is -0.692. The van der Waals surface area contributed by atoms with E-state index in [0.29, 0.717) is 0 Å². The lowest BCUT2D eigenvalue weighted by Gasteiger charge is -2.32. The molecule has 0 fully saturated rings. The van der Waals surface area contributed by atoms with Crippen LogP contribution in [-0.2, 0) is 23.8 Å². The van der Waals surface area contributed by atoms with Gasteiger partial charge in [0.25, 0.3) is 5.95 Å². The van der Waals surface area contributed by atoms with Crippen molar-refractivity contribution in [2.45, 2.75) is 33.0 Å². The van der Waals surface area contributed by atoms with Gasteiger partial charge in [0, 0.05) is 25.8 Å². The van der Waals surface area contributed by atoms with Gasteiger partial charge >= 0.3 is 11.9 Å². The summed E-state index contributed by atoms with van der Waals surface area (Å²) in [4.78, 5) is 21.7. The van der Waals surface area contributed by atoms with Gasteiger partial charge in [-0.3, -0.25) is 9.59 Å². The van der Waals surface area contributed by atoms with Crippen molar-refractivity contribution in [1.82, 2.24) is 0 Å². The first kappa shape index (κ1) is 13.3. The van der Waals surface area contributed by atoms with Crippen LogP contribution < -0.4 is 0 Å². The topological polar surface area (TPSA) is 82.1 Å². The number of ether oxygens (including phenoxy) is 3. The van der Waals surface area contributed by atoms with E-state index < -0.39 is 24.1 Å². The largest absolute Gasteiger partial charge is 0.481 e. The molecule has 6 heteroatoms. The van der Waals surface area contributed by atoms with Crippen LogP contribution in [0.3, 0.4) is 0 Å². The molecular formula is C11H16O6. The number of esters is 2. The minimum absolute atomic E-state index is 0.0739. The van der Waals surface area contributed by atoms with E-state index in [1.807, 2.05) is 0 Å². The Balaban J connectivity index is 2.71. The zero-order valence-electron chi connectivity index (χ0n) is 10.0. The van der Waals surface area contributed by atoms with Crippen molar-refractivity contribution in [3.05, 3.63) is 12.0 Å². The monoisotopic (exact) mass is 244 g/mol. The molecule has 3 atom stereocenters. The Morgan fingerprint density at radius 2 is 2.06 bits per heavy atom. The molecule has 1 aliphatic heterocycles. The smallest absolute Gasteiger partial charge is 0.303 e. The Hall–Kier alpha value is -1.72. The van der Waals surface area contributed by atoms with Crippen LogP contribution in [0.5, 0.6) is 0 Å². The molecule has 17 heavy (non-hydrogen) atoms. The third kappa shape index (κ3) is 3.97. The zero-order valence-corrected chi connectivity index (χ0v) is 10.0. The Labute approximate surface area is 99.2 Å². The van der Waals surface area contributed by atoms with Gasteiger partial charge in [0.15, 0.2) is 6.10 Å². The Morgan fingerprint density at radius 1 is 1.41 bits per heavy atom. The lowest BCUT2D eigenvalue weighted by Crippen LogP contribution is -2.43. The number of hydrogen-bond acceptors (Lipinski definition) is 6. The molecule has 0 amide bonds. The summed E-state index contributed by atoms with van der Waals surface area (Å²) in [5.74, 6) is -1.38. The van der Waals surface area contributed by atoms with E-state index in [2.05, 4.69) is 0 Å². The third-order valence-corrected chi connectivity index (χ3v) is 2.32. The van der Waals surface area contributed by atoms with Gasteiger partial charge in [0.2, 0.25) is 0 Å². The Kier molecular flexibility index (Phi) is 4.37. The number of hydrogen-bond donors (Lipinski definition) is 1. The first-order valence-corrected chi connectivity index (χ1v) is 5.28. The lowest BCUT2D eigenvalue weighted by molar-refractivity contribution is -0.170. The Bertz CT molecular complexity index is 335. The summed E-state index contributed by atoms with van der Waals surface area (Å²) in [6.07, 6.45) is 0.170. The number of aliphatic hydroxyl groups excluding tert-OH is 1. The highest BCUT2D eigenvalue weighted by atomic mass is 16.6. The second-order valence-corrected chi connectivity index (χ2v) is 3.90. The summed E-state index contributed by atoms with van der Waals surface area (Å²) in [7, 11) is 0. The van der Waals surface area contributed by atoms with Gasteiger partial charge in [-0.1, -0.05) is 6.92 Å². The van der Waals surface area contributed by atoms with Crippen LogP contribution in [0.1, 0.15) is 20.8 Å². The van der Waals surface area contributed by atoms with Gasteiger partial charge in [-0.2, -0.15) is 0 Å². The summed E-state index contributed by atoms with van der Waals surface area (Å²) in [5.41, 5.74) is 0. The number of carbonyl (C=O) groups is 2. The minimum Gasteiger partial charge on any atom is -0.481 e. The average Bonchev–Trinajstić information content (AvgIpc) is 2.18. The molecule has 1 heterocycles. The molecule has 6 nitrogen and oxygen atoms in total. The van der Waals surface area contributed by atoms with Crippen molar-refractivity contribution < 1.29 is 28.9 Å². The van der Waals surface area contributed by atoms with E-state index in [1.165, 1.54) is 19.9 Å². The van der Waals surface area contributed by atoms with E-state index in [0.717, 1.165) is 0 Å². The van der Waals surface area contributed by atoms with Gasteiger partial charge in [0.1, 0.15) is 12.7 Å². The molecular weight excluding hydrogens is 228 g/mol. The highest BCUT2D eigenvalue weighted by Gasteiger charge is 2.36. The maximum absolute atomic E-state index is 11.0. The fraction of sp³-hybridized carbons (Fsp3) is 0.636. The normalized spacial score (nSPS) is 27.7. The van der Waals surface area contributed by atoms with Gasteiger partial charge < -0.3 is 19.3 Å². The summed E-state index contributed by atoms with van der Waals surface area (Å²) >= 11 is 0. The molecule has 1 N–H and O–H groups in total. The third-order valence-electron chi connectivity index (χ3n) is 2.32. The van der Waals surface area contributed by atoms with Crippen molar-refractivity contribution in [3.8, 4) is 0 Å². The summed E-state index contributed by atoms with van der Waals surface area (Å²) in [6, 6.07) is 0. The molecule has 0 bridgehead atoms.